The number of aromatic nitrogens is 3. The van der Waals surface area contributed by atoms with E-state index in [4.69, 9.17) is 5.73 Å². The Morgan fingerprint density at radius 2 is 2.38 bits per heavy atom. The van der Waals surface area contributed by atoms with Gasteiger partial charge in [-0.05, 0) is 0 Å². The predicted molar refractivity (Wildman–Crippen MR) is 54.9 cm³/mol. The Balaban J connectivity index is 2.44. The molecule has 1 aromatic rings. The van der Waals surface area contributed by atoms with Gasteiger partial charge >= 0.3 is 11.8 Å². The first-order chi connectivity index (χ1) is 7.65. The van der Waals surface area contributed by atoms with E-state index in [0.29, 0.717) is 12.4 Å². The zero-order valence-electron chi connectivity index (χ0n) is 8.93. The van der Waals surface area contributed by atoms with E-state index >= 15 is 0 Å². The van der Waals surface area contributed by atoms with Crippen molar-refractivity contribution < 1.29 is 9.59 Å². The van der Waals surface area contributed by atoms with Crippen LogP contribution in [0.2, 0.25) is 0 Å². The fourth-order valence-corrected chi connectivity index (χ4v) is 1.04. The van der Waals surface area contributed by atoms with Gasteiger partial charge in [0.2, 0.25) is 0 Å². The molecule has 0 spiro atoms. The molecule has 0 saturated heterocycles. The maximum Gasteiger partial charge on any atom is 0.312 e. The summed E-state index contributed by atoms with van der Waals surface area (Å²) in [5.74, 6) is -0.792. The minimum absolute atomic E-state index is 0.203. The second-order valence-corrected chi connectivity index (χ2v) is 3.14. The monoisotopic (exact) mass is 226 g/mol. The van der Waals surface area contributed by atoms with Gasteiger partial charge in [0.25, 0.3) is 0 Å². The number of nitrogens with zero attached hydrogens (tertiary/aromatic N) is 3. The van der Waals surface area contributed by atoms with Crippen LogP contribution >= 0.6 is 0 Å². The molecule has 0 bridgehead atoms. The van der Waals surface area contributed by atoms with E-state index in [-0.39, 0.29) is 13.1 Å². The molecule has 0 fully saturated rings. The second kappa shape index (κ2) is 5.81. The molecule has 1 rings (SSSR count). The van der Waals surface area contributed by atoms with E-state index in [9.17, 15) is 9.59 Å². The van der Waals surface area contributed by atoms with Gasteiger partial charge in [-0.25, -0.2) is 4.98 Å². The Morgan fingerprint density at radius 1 is 1.62 bits per heavy atom. The summed E-state index contributed by atoms with van der Waals surface area (Å²) in [6, 6.07) is 0. The number of amides is 2. The number of H-pyrrole nitrogens is 1. The maximum atomic E-state index is 11.5. The SMILES string of the molecule is CN(Cc1ncn[nH]1)C(=O)C(=O)NCCN. The summed E-state index contributed by atoms with van der Waals surface area (Å²) in [6.07, 6.45) is 1.34. The van der Waals surface area contributed by atoms with Crippen LogP contribution in [0.1, 0.15) is 5.82 Å². The Labute approximate surface area is 92.2 Å². The number of nitrogens with one attached hydrogen (secondary N) is 2. The van der Waals surface area contributed by atoms with E-state index in [1.807, 2.05) is 0 Å². The summed E-state index contributed by atoms with van der Waals surface area (Å²) in [5, 5.41) is 8.63. The first-order valence-corrected chi connectivity index (χ1v) is 4.72. The van der Waals surface area contributed by atoms with Crippen LogP contribution in [-0.4, -0.2) is 52.0 Å². The predicted octanol–water partition coefficient (Wildman–Crippen LogP) is -2.16. The highest BCUT2D eigenvalue weighted by molar-refractivity contribution is 6.34. The molecular weight excluding hydrogens is 212 g/mol. The molecule has 1 aromatic heterocycles. The van der Waals surface area contributed by atoms with Gasteiger partial charge in [0.1, 0.15) is 12.2 Å². The normalized spacial score (nSPS) is 9.88. The summed E-state index contributed by atoms with van der Waals surface area (Å²) in [7, 11) is 1.51. The lowest BCUT2D eigenvalue weighted by Gasteiger charge is -2.14. The Bertz CT molecular complexity index is 349. The lowest BCUT2D eigenvalue weighted by molar-refractivity contribution is -0.145. The Hall–Kier alpha value is -1.96. The third-order valence-corrected chi connectivity index (χ3v) is 1.82. The van der Waals surface area contributed by atoms with Crippen LogP contribution in [0.5, 0.6) is 0 Å². The summed E-state index contributed by atoms with van der Waals surface area (Å²) in [4.78, 5) is 27.8. The van der Waals surface area contributed by atoms with Crippen LogP contribution in [0.3, 0.4) is 0 Å². The first-order valence-electron chi connectivity index (χ1n) is 4.72. The largest absolute Gasteiger partial charge is 0.347 e. The Kier molecular flexibility index (Phi) is 4.40. The Morgan fingerprint density at radius 3 is 2.94 bits per heavy atom. The highest BCUT2D eigenvalue weighted by atomic mass is 16.2. The number of rotatable bonds is 4. The van der Waals surface area contributed by atoms with Crippen molar-refractivity contribution in [2.75, 3.05) is 20.1 Å². The molecule has 4 N–H and O–H groups in total. The molecule has 1 heterocycles. The van der Waals surface area contributed by atoms with Gasteiger partial charge in [0, 0.05) is 20.1 Å². The number of aromatic amines is 1. The van der Waals surface area contributed by atoms with Crippen molar-refractivity contribution in [2.45, 2.75) is 6.54 Å². The minimum Gasteiger partial charge on any atom is -0.347 e. The number of nitrogens with two attached hydrogens (primary N) is 1. The molecule has 0 radical (unpaired) electrons. The van der Waals surface area contributed by atoms with Crippen molar-refractivity contribution in [1.82, 2.24) is 25.4 Å². The second-order valence-electron chi connectivity index (χ2n) is 3.14. The van der Waals surface area contributed by atoms with Gasteiger partial charge in [-0.3, -0.25) is 14.7 Å². The molecule has 8 heteroatoms. The van der Waals surface area contributed by atoms with Crippen LogP contribution in [-0.2, 0) is 16.1 Å². The fraction of sp³-hybridized carbons (Fsp3) is 0.500. The van der Waals surface area contributed by atoms with Crippen molar-refractivity contribution in [3.05, 3.63) is 12.2 Å². The van der Waals surface area contributed by atoms with Crippen LogP contribution in [0.4, 0.5) is 0 Å². The lowest BCUT2D eigenvalue weighted by atomic mass is 10.4. The summed E-state index contributed by atoms with van der Waals surface area (Å²) in [5.41, 5.74) is 5.20. The molecule has 0 aliphatic carbocycles. The zero-order chi connectivity index (χ0) is 12.0. The van der Waals surface area contributed by atoms with Crippen molar-refractivity contribution >= 4 is 11.8 Å². The highest BCUT2D eigenvalue weighted by Crippen LogP contribution is 1.94. The highest BCUT2D eigenvalue weighted by Gasteiger charge is 2.18. The molecule has 0 aliphatic heterocycles. The van der Waals surface area contributed by atoms with E-state index in [1.54, 1.807) is 0 Å². The molecule has 0 atom stereocenters. The van der Waals surface area contributed by atoms with Gasteiger partial charge in [-0.1, -0.05) is 0 Å². The zero-order valence-corrected chi connectivity index (χ0v) is 8.93. The van der Waals surface area contributed by atoms with Crippen molar-refractivity contribution in [2.24, 2.45) is 5.73 Å². The molecule has 88 valence electrons. The third kappa shape index (κ3) is 3.31. The third-order valence-electron chi connectivity index (χ3n) is 1.82. The molecular formula is C8H14N6O2. The standard InChI is InChI=1S/C8H14N6O2/c1-14(4-6-11-5-12-13-6)8(16)7(15)10-3-2-9/h5H,2-4,9H2,1H3,(H,10,15)(H,11,12,13). The topological polar surface area (TPSA) is 117 Å². The van der Waals surface area contributed by atoms with Crippen molar-refractivity contribution in [1.29, 1.82) is 0 Å². The molecule has 0 aromatic carbocycles. The van der Waals surface area contributed by atoms with Gasteiger partial charge < -0.3 is 16.0 Å². The van der Waals surface area contributed by atoms with Gasteiger partial charge in [-0.15, -0.1) is 0 Å². The van der Waals surface area contributed by atoms with Crippen LogP contribution in [0, 0.1) is 0 Å². The number of hydrogen-bond acceptors (Lipinski definition) is 5. The average Bonchev–Trinajstić information content (AvgIpc) is 2.77. The minimum atomic E-state index is -0.674. The summed E-state index contributed by atoms with van der Waals surface area (Å²) < 4.78 is 0. The van der Waals surface area contributed by atoms with E-state index in [1.165, 1.54) is 18.3 Å². The number of carbonyl (C=O) groups excluding carboxylic acids is 2. The van der Waals surface area contributed by atoms with Gasteiger partial charge in [-0.2, -0.15) is 5.10 Å². The molecule has 16 heavy (non-hydrogen) atoms. The van der Waals surface area contributed by atoms with Crippen LogP contribution in [0.25, 0.3) is 0 Å². The number of hydrogen-bond donors (Lipinski definition) is 3. The van der Waals surface area contributed by atoms with Gasteiger partial charge in [0.05, 0.1) is 6.54 Å². The van der Waals surface area contributed by atoms with Crippen molar-refractivity contribution in [3.8, 4) is 0 Å². The van der Waals surface area contributed by atoms with Crippen molar-refractivity contribution in [3.63, 3.8) is 0 Å². The maximum absolute atomic E-state index is 11.5. The average molecular weight is 226 g/mol. The van der Waals surface area contributed by atoms with E-state index in [0.717, 1.165) is 0 Å². The number of carbonyl (C=O) groups is 2. The number of likely N-dealkylation sites (N-methyl/N-ethyl adjacent to an activating group) is 1. The first kappa shape index (κ1) is 12.1. The fourth-order valence-electron chi connectivity index (χ4n) is 1.04. The molecule has 8 nitrogen and oxygen atoms in total. The molecule has 0 saturated carbocycles. The van der Waals surface area contributed by atoms with Crippen LogP contribution in [0.15, 0.2) is 6.33 Å². The van der Waals surface area contributed by atoms with E-state index in [2.05, 4.69) is 20.5 Å². The summed E-state index contributed by atoms with van der Waals surface area (Å²) >= 11 is 0. The summed E-state index contributed by atoms with van der Waals surface area (Å²) in [6.45, 7) is 0.778. The lowest BCUT2D eigenvalue weighted by Crippen LogP contribution is -2.42. The molecule has 0 unspecified atom stereocenters. The quantitative estimate of drug-likeness (QED) is 0.505. The van der Waals surface area contributed by atoms with Crippen LogP contribution < -0.4 is 11.1 Å². The van der Waals surface area contributed by atoms with Gasteiger partial charge in [0.15, 0.2) is 0 Å². The van der Waals surface area contributed by atoms with E-state index < -0.39 is 11.8 Å². The molecule has 0 aliphatic rings. The smallest absolute Gasteiger partial charge is 0.312 e. The molecule has 2 amide bonds.